The van der Waals surface area contributed by atoms with E-state index in [0.29, 0.717) is 5.92 Å². The molecular weight excluding hydrogens is 565 g/mol. The van der Waals surface area contributed by atoms with Crippen LogP contribution < -0.4 is 0 Å². The number of rotatable bonds is 4. The van der Waals surface area contributed by atoms with Crippen molar-refractivity contribution in [3.05, 3.63) is 23.6 Å². The number of esters is 1. The SMILES string of the molecule is C[C@@H]1C[C@H]2[C@@H]3CC(F)=C4CC(=O)C=C[C@]4(C)[C@@]3(F)[C@@H](O)C[C@]2(C)[C@@]1(OC(=O)O[C@H]1C(C)(C)[C@H]2CC[C@]1(C)C2)C(=O)OCF. The van der Waals surface area contributed by atoms with Crippen molar-refractivity contribution < 1.29 is 46.9 Å². The summed E-state index contributed by atoms with van der Waals surface area (Å²) in [5.41, 5.74) is -8.09. The molecule has 0 amide bonds. The van der Waals surface area contributed by atoms with Gasteiger partial charge in [-0.05, 0) is 62.5 Å². The van der Waals surface area contributed by atoms with Crippen molar-refractivity contribution in [2.75, 3.05) is 6.86 Å². The highest BCUT2D eigenvalue weighted by atomic mass is 19.1. The third kappa shape index (κ3) is 3.67. The Morgan fingerprint density at radius 1 is 1.12 bits per heavy atom. The monoisotopic (exact) mass is 608 g/mol. The van der Waals surface area contributed by atoms with Crippen LogP contribution in [0.2, 0.25) is 0 Å². The first-order valence-electron chi connectivity index (χ1n) is 15.5. The van der Waals surface area contributed by atoms with Gasteiger partial charge in [-0.2, -0.15) is 0 Å². The summed E-state index contributed by atoms with van der Waals surface area (Å²) in [6.45, 7) is 9.46. The number of aliphatic hydroxyl groups excluding tert-OH is 1. The van der Waals surface area contributed by atoms with Crippen molar-refractivity contribution in [3.8, 4) is 0 Å². The highest BCUT2D eigenvalue weighted by Crippen LogP contribution is 2.72. The fraction of sp³-hybridized carbons (Fsp3) is 0.788. The van der Waals surface area contributed by atoms with E-state index in [0.717, 1.165) is 19.3 Å². The molecule has 43 heavy (non-hydrogen) atoms. The van der Waals surface area contributed by atoms with Crippen LogP contribution in [0.15, 0.2) is 23.6 Å². The van der Waals surface area contributed by atoms with Crippen molar-refractivity contribution in [2.45, 2.75) is 110 Å². The zero-order chi connectivity index (χ0) is 31.5. The maximum absolute atomic E-state index is 17.6. The van der Waals surface area contributed by atoms with Gasteiger partial charge in [-0.15, -0.1) is 0 Å². The van der Waals surface area contributed by atoms with Crippen molar-refractivity contribution in [1.29, 1.82) is 0 Å². The number of aliphatic hydroxyl groups is 1. The highest BCUT2D eigenvalue weighted by Gasteiger charge is 2.78. The van der Waals surface area contributed by atoms with Gasteiger partial charge in [0.05, 0.1) is 6.10 Å². The molecule has 0 aromatic carbocycles. The van der Waals surface area contributed by atoms with Crippen molar-refractivity contribution in [1.82, 2.24) is 0 Å². The minimum Gasteiger partial charge on any atom is -0.431 e. The molecule has 0 radical (unpaired) electrons. The maximum atomic E-state index is 17.6. The lowest BCUT2D eigenvalue weighted by Gasteiger charge is -2.62. The van der Waals surface area contributed by atoms with E-state index >= 15 is 8.78 Å². The van der Waals surface area contributed by atoms with Gasteiger partial charge in [-0.1, -0.05) is 40.7 Å². The van der Waals surface area contributed by atoms with Gasteiger partial charge >= 0.3 is 12.1 Å². The van der Waals surface area contributed by atoms with Gasteiger partial charge in [0.25, 0.3) is 0 Å². The summed E-state index contributed by atoms with van der Waals surface area (Å²) in [6, 6.07) is 0. The number of hydrogen-bond donors (Lipinski definition) is 1. The van der Waals surface area contributed by atoms with Gasteiger partial charge < -0.3 is 19.3 Å². The minimum atomic E-state index is -2.37. The lowest BCUT2D eigenvalue weighted by molar-refractivity contribution is -0.232. The number of carbonyl (C=O) groups is 3. The first-order valence-corrected chi connectivity index (χ1v) is 15.5. The van der Waals surface area contributed by atoms with Crippen LogP contribution in [-0.4, -0.2) is 53.4 Å². The number of ether oxygens (including phenoxy) is 3. The third-order valence-electron chi connectivity index (χ3n) is 13.3. The standard InChI is InChI=1S/C33H43F3O7/c1-17-11-20-21-13-23(35)22-12-19(37)8-10-30(22,5)32(21,36)24(38)15-31(20,6)33(17,26(39)41-16-34)43-27(40)42-25-28(2,3)18-7-9-29(25,4)14-18/h8,10,17-18,20-21,24-25,38H,7,9,11-16H2,1-6H3/t17-,18+,20+,21+,24+,25+,29-,30+,31+,32+,33+/m1/s1. The van der Waals surface area contributed by atoms with E-state index in [4.69, 9.17) is 14.2 Å². The number of halogens is 3. The second-order valence-corrected chi connectivity index (χ2v) is 15.6. The van der Waals surface area contributed by atoms with Crippen LogP contribution in [0.1, 0.15) is 86.5 Å². The predicted molar refractivity (Wildman–Crippen MR) is 148 cm³/mol. The van der Waals surface area contributed by atoms with E-state index < -0.39 is 76.9 Å². The fourth-order valence-electron chi connectivity index (χ4n) is 11.2. The molecule has 0 heterocycles. The molecule has 0 unspecified atom stereocenters. The molecule has 2 bridgehead atoms. The van der Waals surface area contributed by atoms with Crippen LogP contribution in [0, 0.1) is 45.3 Å². The van der Waals surface area contributed by atoms with E-state index in [9.17, 15) is 23.9 Å². The average Bonchev–Trinajstić information content (AvgIpc) is 3.48. The molecule has 7 nitrogen and oxygen atoms in total. The van der Waals surface area contributed by atoms with Crippen molar-refractivity contribution in [3.63, 3.8) is 0 Å². The van der Waals surface area contributed by atoms with Gasteiger partial charge in [0.2, 0.25) is 12.5 Å². The second-order valence-electron chi connectivity index (χ2n) is 15.6. The Kier molecular flexibility index (Phi) is 6.65. The summed E-state index contributed by atoms with van der Waals surface area (Å²) < 4.78 is 63.9. The van der Waals surface area contributed by atoms with Crippen LogP contribution in [0.5, 0.6) is 0 Å². The van der Waals surface area contributed by atoms with E-state index in [1.165, 1.54) is 19.1 Å². The molecule has 6 rings (SSSR count). The smallest absolute Gasteiger partial charge is 0.431 e. The average molecular weight is 609 g/mol. The van der Waals surface area contributed by atoms with Gasteiger partial charge in [0.1, 0.15) is 11.9 Å². The topological polar surface area (TPSA) is 99.1 Å². The summed E-state index contributed by atoms with van der Waals surface area (Å²) in [7, 11) is 0. The number of carbonyl (C=O) groups excluding carboxylic acids is 3. The predicted octanol–water partition coefficient (Wildman–Crippen LogP) is 6.48. The molecule has 10 heteroatoms. The van der Waals surface area contributed by atoms with Gasteiger partial charge in [0, 0.05) is 46.3 Å². The first-order chi connectivity index (χ1) is 19.9. The summed E-state index contributed by atoms with van der Waals surface area (Å²) in [4.78, 5) is 39.6. The minimum absolute atomic E-state index is 0.0253. The Morgan fingerprint density at radius 2 is 1.81 bits per heavy atom. The van der Waals surface area contributed by atoms with Crippen LogP contribution in [0.3, 0.4) is 0 Å². The Bertz CT molecular complexity index is 1320. The number of hydrogen-bond acceptors (Lipinski definition) is 7. The number of fused-ring (bicyclic) bond motifs is 7. The molecule has 0 aliphatic heterocycles. The van der Waals surface area contributed by atoms with Crippen molar-refractivity contribution >= 4 is 17.9 Å². The van der Waals surface area contributed by atoms with E-state index in [2.05, 4.69) is 6.92 Å². The van der Waals surface area contributed by atoms with Gasteiger partial charge in [-0.3, -0.25) is 4.79 Å². The molecule has 238 valence electrons. The summed E-state index contributed by atoms with van der Waals surface area (Å²) in [5, 5.41) is 11.7. The summed E-state index contributed by atoms with van der Waals surface area (Å²) in [6.07, 6.45) is 1.22. The fourth-order valence-corrected chi connectivity index (χ4v) is 11.2. The molecule has 11 atom stereocenters. The second kappa shape index (κ2) is 9.33. The molecule has 0 aromatic rings. The Balaban J connectivity index is 1.39. The van der Waals surface area contributed by atoms with Crippen LogP contribution in [-0.2, 0) is 23.8 Å². The quantitative estimate of drug-likeness (QED) is 0.365. The Labute approximate surface area is 250 Å². The molecule has 6 aliphatic carbocycles. The summed E-state index contributed by atoms with van der Waals surface area (Å²) in [5.74, 6) is -4.41. The molecule has 0 saturated heterocycles. The molecule has 1 N–H and O–H groups in total. The third-order valence-corrected chi connectivity index (χ3v) is 13.3. The molecule has 6 aliphatic rings. The molecule has 4 saturated carbocycles. The molecule has 4 fully saturated rings. The normalized spacial score (nSPS) is 49.3. The molecule has 0 spiro atoms. The molecule has 0 aromatic heterocycles. The van der Waals surface area contributed by atoms with Gasteiger partial charge in [-0.25, -0.2) is 22.8 Å². The first kappa shape index (κ1) is 30.7. The highest BCUT2D eigenvalue weighted by molar-refractivity contribution is 5.93. The zero-order valence-corrected chi connectivity index (χ0v) is 25.8. The number of allylic oxidation sites excluding steroid dienone is 4. The lowest BCUT2D eigenvalue weighted by Crippen LogP contribution is -2.70. The molecular formula is C33H43F3O7. The van der Waals surface area contributed by atoms with Crippen LogP contribution in [0.4, 0.5) is 18.0 Å². The van der Waals surface area contributed by atoms with Crippen LogP contribution in [0.25, 0.3) is 0 Å². The number of ketones is 1. The number of alkyl halides is 2. The zero-order valence-electron chi connectivity index (χ0n) is 25.8. The maximum Gasteiger partial charge on any atom is 0.509 e. The largest absolute Gasteiger partial charge is 0.509 e. The van der Waals surface area contributed by atoms with Crippen LogP contribution >= 0.6 is 0 Å². The van der Waals surface area contributed by atoms with Crippen molar-refractivity contribution in [2.24, 2.45) is 45.3 Å². The summed E-state index contributed by atoms with van der Waals surface area (Å²) >= 11 is 0. The van der Waals surface area contributed by atoms with E-state index in [1.807, 2.05) is 13.8 Å². The Morgan fingerprint density at radius 3 is 2.44 bits per heavy atom. The lowest BCUT2D eigenvalue weighted by atomic mass is 9.45. The van der Waals surface area contributed by atoms with Gasteiger partial charge in [0.15, 0.2) is 11.5 Å². The van der Waals surface area contributed by atoms with E-state index in [1.54, 1.807) is 13.8 Å². The van der Waals surface area contributed by atoms with E-state index in [-0.39, 0.29) is 47.9 Å². The Hall–Kier alpha value is -2.36.